The number of hydrogen-bond donors (Lipinski definition) is 3. The van der Waals surface area contributed by atoms with Gasteiger partial charge in [-0.1, -0.05) is 13.8 Å². The van der Waals surface area contributed by atoms with Gasteiger partial charge in [-0.2, -0.15) is 0 Å². The van der Waals surface area contributed by atoms with Crippen molar-refractivity contribution in [2.24, 2.45) is 0 Å². The van der Waals surface area contributed by atoms with Gasteiger partial charge >= 0.3 is 12.0 Å². The lowest BCUT2D eigenvalue weighted by atomic mass is 9.98. The van der Waals surface area contributed by atoms with Crippen LogP contribution in [-0.2, 0) is 6.42 Å². The van der Waals surface area contributed by atoms with E-state index in [4.69, 9.17) is 4.74 Å². The van der Waals surface area contributed by atoms with E-state index in [2.05, 4.69) is 10.6 Å². The van der Waals surface area contributed by atoms with Crippen molar-refractivity contribution < 1.29 is 19.4 Å². The molecule has 6 heteroatoms. The van der Waals surface area contributed by atoms with Gasteiger partial charge in [0, 0.05) is 11.6 Å². The van der Waals surface area contributed by atoms with Crippen LogP contribution in [0, 0.1) is 6.92 Å². The van der Waals surface area contributed by atoms with E-state index < -0.39 is 12.0 Å². The summed E-state index contributed by atoms with van der Waals surface area (Å²) in [5, 5.41) is 14.9. The molecule has 0 saturated carbocycles. The van der Waals surface area contributed by atoms with E-state index in [0.717, 1.165) is 6.42 Å². The summed E-state index contributed by atoms with van der Waals surface area (Å²) in [5.74, 6) is -0.448. The first-order valence-electron chi connectivity index (χ1n) is 7.91. The molecule has 0 atom stereocenters. The molecule has 6 nitrogen and oxygen atoms in total. The van der Waals surface area contributed by atoms with Crippen LogP contribution in [0.1, 0.15) is 55.6 Å². The summed E-state index contributed by atoms with van der Waals surface area (Å²) in [6.07, 6.45) is 1.40. The molecule has 0 aliphatic rings. The van der Waals surface area contributed by atoms with Crippen molar-refractivity contribution >= 4 is 17.7 Å². The SMILES string of the molecule is CCCOc1cc(C)c(C(=O)O)c(NC(=O)NC(C)C)c1CC. The van der Waals surface area contributed by atoms with Crippen molar-refractivity contribution in [3.05, 3.63) is 22.8 Å². The van der Waals surface area contributed by atoms with E-state index in [1.54, 1.807) is 13.0 Å². The van der Waals surface area contributed by atoms with Gasteiger partial charge in [-0.05, 0) is 45.2 Å². The predicted molar refractivity (Wildman–Crippen MR) is 90.6 cm³/mol. The van der Waals surface area contributed by atoms with Crippen LogP contribution in [0.25, 0.3) is 0 Å². The van der Waals surface area contributed by atoms with E-state index >= 15 is 0 Å². The lowest BCUT2D eigenvalue weighted by molar-refractivity contribution is 0.0697. The zero-order chi connectivity index (χ0) is 17.6. The number of carboxylic acid groups (broad SMARTS) is 1. The predicted octanol–water partition coefficient (Wildman–Crippen LogP) is 3.57. The van der Waals surface area contributed by atoms with E-state index in [1.807, 2.05) is 27.7 Å². The van der Waals surface area contributed by atoms with Crippen LogP contribution < -0.4 is 15.4 Å². The van der Waals surface area contributed by atoms with E-state index in [0.29, 0.717) is 35.6 Å². The minimum absolute atomic E-state index is 0.0472. The number of urea groups is 1. The molecule has 128 valence electrons. The number of carbonyl (C=O) groups is 2. The van der Waals surface area contributed by atoms with Gasteiger partial charge in [0.25, 0.3) is 0 Å². The van der Waals surface area contributed by atoms with Gasteiger partial charge in [-0.3, -0.25) is 0 Å². The number of nitrogens with one attached hydrogen (secondary N) is 2. The van der Waals surface area contributed by atoms with Crippen molar-refractivity contribution in [3.8, 4) is 5.75 Å². The van der Waals surface area contributed by atoms with Gasteiger partial charge in [-0.15, -0.1) is 0 Å². The molecular weight excluding hydrogens is 296 g/mol. The molecule has 0 aromatic heterocycles. The number of carbonyl (C=O) groups excluding carboxylic acids is 1. The molecular formula is C17H26N2O4. The molecule has 0 fully saturated rings. The Morgan fingerprint density at radius 1 is 1.30 bits per heavy atom. The highest BCUT2D eigenvalue weighted by Crippen LogP contribution is 2.34. The second kappa shape index (κ2) is 8.41. The number of anilines is 1. The Balaban J connectivity index is 3.37. The first kappa shape index (κ1) is 18.8. The highest BCUT2D eigenvalue weighted by Gasteiger charge is 2.22. The van der Waals surface area contributed by atoms with Gasteiger partial charge < -0.3 is 20.5 Å². The summed E-state index contributed by atoms with van der Waals surface area (Å²) < 4.78 is 5.73. The van der Waals surface area contributed by atoms with E-state index in [1.165, 1.54) is 0 Å². The van der Waals surface area contributed by atoms with E-state index in [-0.39, 0.29) is 11.6 Å². The van der Waals surface area contributed by atoms with Crippen molar-refractivity contribution in [1.82, 2.24) is 5.32 Å². The van der Waals surface area contributed by atoms with Crippen LogP contribution >= 0.6 is 0 Å². The molecule has 0 aliphatic heterocycles. The maximum Gasteiger partial charge on any atom is 0.338 e. The maximum absolute atomic E-state index is 12.0. The number of rotatable bonds is 7. The van der Waals surface area contributed by atoms with Crippen LogP contribution in [0.3, 0.4) is 0 Å². The molecule has 1 aromatic rings. The van der Waals surface area contributed by atoms with E-state index in [9.17, 15) is 14.7 Å². The minimum atomic E-state index is -1.07. The molecule has 0 aliphatic carbocycles. The first-order valence-corrected chi connectivity index (χ1v) is 7.91. The summed E-state index contributed by atoms with van der Waals surface area (Å²) in [6, 6.07) is 1.25. The van der Waals surface area contributed by atoms with Crippen molar-refractivity contribution in [2.75, 3.05) is 11.9 Å². The zero-order valence-electron chi connectivity index (χ0n) is 14.4. The summed E-state index contributed by atoms with van der Waals surface area (Å²) in [6.45, 7) is 9.82. The molecule has 0 unspecified atom stereocenters. The number of amides is 2. The molecule has 0 heterocycles. The van der Waals surface area contributed by atoms with Crippen LogP contribution in [0.2, 0.25) is 0 Å². The third-order valence-corrected chi connectivity index (χ3v) is 3.28. The van der Waals surface area contributed by atoms with Gasteiger partial charge in [0.15, 0.2) is 0 Å². The summed E-state index contributed by atoms with van der Waals surface area (Å²) in [7, 11) is 0. The van der Waals surface area contributed by atoms with Gasteiger partial charge in [0.05, 0.1) is 17.9 Å². The molecule has 0 spiro atoms. The number of benzene rings is 1. The standard InChI is InChI=1S/C17H26N2O4/c1-6-8-23-13-9-11(5)14(16(20)21)15(12(13)7-2)19-17(22)18-10(3)4/h9-10H,6-8H2,1-5H3,(H,20,21)(H2,18,19,22). The van der Waals surface area contributed by atoms with Crippen molar-refractivity contribution in [3.63, 3.8) is 0 Å². The van der Waals surface area contributed by atoms with Crippen LogP contribution in [0.4, 0.5) is 10.5 Å². The van der Waals surface area contributed by atoms with Gasteiger partial charge in [0.1, 0.15) is 5.75 Å². The Kier molecular flexibility index (Phi) is 6.88. The Labute approximate surface area is 137 Å². The fraction of sp³-hybridized carbons (Fsp3) is 0.529. The average molecular weight is 322 g/mol. The number of carboxylic acids is 1. The second-order valence-corrected chi connectivity index (χ2v) is 5.68. The lowest BCUT2D eigenvalue weighted by Crippen LogP contribution is -2.35. The van der Waals surface area contributed by atoms with Gasteiger partial charge in [0.2, 0.25) is 0 Å². The second-order valence-electron chi connectivity index (χ2n) is 5.68. The maximum atomic E-state index is 12.0. The molecule has 0 saturated heterocycles. The third kappa shape index (κ3) is 4.87. The molecule has 1 aromatic carbocycles. The van der Waals surface area contributed by atoms with Crippen molar-refractivity contribution in [2.45, 2.75) is 53.5 Å². The Morgan fingerprint density at radius 3 is 2.43 bits per heavy atom. The molecule has 23 heavy (non-hydrogen) atoms. The molecule has 3 N–H and O–H groups in total. The fourth-order valence-electron chi connectivity index (χ4n) is 2.34. The molecule has 0 radical (unpaired) electrons. The molecule has 2 amide bonds. The fourth-order valence-corrected chi connectivity index (χ4v) is 2.34. The lowest BCUT2D eigenvalue weighted by Gasteiger charge is -2.20. The summed E-state index contributed by atoms with van der Waals surface area (Å²) in [5.41, 5.74) is 1.66. The van der Waals surface area contributed by atoms with Crippen LogP contribution in [0.5, 0.6) is 5.75 Å². The average Bonchev–Trinajstić information content (AvgIpc) is 2.43. The van der Waals surface area contributed by atoms with Crippen LogP contribution in [-0.4, -0.2) is 29.8 Å². The number of hydrogen-bond acceptors (Lipinski definition) is 3. The highest BCUT2D eigenvalue weighted by atomic mass is 16.5. The first-order chi connectivity index (χ1) is 10.8. The smallest absolute Gasteiger partial charge is 0.338 e. The number of aryl methyl sites for hydroxylation is 1. The number of ether oxygens (including phenoxy) is 1. The normalized spacial score (nSPS) is 10.5. The Morgan fingerprint density at radius 2 is 1.96 bits per heavy atom. The Bertz CT molecular complexity index is 582. The largest absolute Gasteiger partial charge is 0.493 e. The van der Waals surface area contributed by atoms with Crippen LogP contribution in [0.15, 0.2) is 6.07 Å². The highest BCUT2D eigenvalue weighted by molar-refractivity contribution is 6.02. The third-order valence-electron chi connectivity index (χ3n) is 3.28. The van der Waals surface area contributed by atoms with Gasteiger partial charge in [-0.25, -0.2) is 9.59 Å². The topological polar surface area (TPSA) is 87.7 Å². The molecule has 0 bridgehead atoms. The quantitative estimate of drug-likeness (QED) is 0.716. The molecule has 1 rings (SSSR count). The minimum Gasteiger partial charge on any atom is -0.493 e. The zero-order valence-corrected chi connectivity index (χ0v) is 14.4. The Hall–Kier alpha value is -2.24. The monoisotopic (exact) mass is 322 g/mol. The van der Waals surface area contributed by atoms with Crippen molar-refractivity contribution in [1.29, 1.82) is 0 Å². The number of aromatic carboxylic acids is 1. The summed E-state index contributed by atoms with van der Waals surface area (Å²) in [4.78, 5) is 23.7. The summed E-state index contributed by atoms with van der Waals surface area (Å²) >= 11 is 0.